The van der Waals surface area contributed by atoms with Crippen molar-refractivity contribution in [2.45, 2.75) is 52.1 Å². The minimum atomic E-state index is -0.408. The fraction of sp³-hybridized carbons (Fsp3) is 0.345. The van der Waals surface area contributed by atoms with Crippen LogP contribution in [0, 0.1) is 5.41 Å². The van der Waals surface area contributed by atoms with Crippen LogP contribution in [0.15, 0.2) is 84.0 Å². The minimum absolute atomic E-state index is 0.0510. The highest BCUT2D eigenvalue weighted by atomic mass is 16.5. The SMILES string of the molecule is C=CC(=O)N1CCC(OC(=NC=C(C)CC)C(C(C)=N)c2ccc(Oc3ccccc3)cc2)CC1. The zero-order chi connectivity index (χ0) is 25.2. The molecule has 1 aliphatic rings. The van der Waals surface area contributed by atoms with Crippen LogP contribution >= 0.6 is 0 Å². The zero-order valence-electron chi connectivity index (χ0n) is 20.9. The lowest BCUT2D eigenvalue weighted by atomic mass is 9.94. The summed E-state index contributed by atoms with van der Waals surface area (Å²) in [4.78, 5) is 18.4. The first kappa shape index (κ1) is 25.9. The highest BCUT2D eigenvalue weighted by Crippen LogP contribution is 2.28. The molecule has 6 nitrogen and oxygen atoms in total. The van der Waals surface area contributed by atoms with Crippen molar-refractivity contribution in [3.63, 3.8) is 0 Å². The van der Waals surface area contributed by atoms with Gasteiger partial charge in [-0.1, -0.05) is 49.4 Å². The van der Waals surface area contributed by atoms with E-state index >= 15 is 0 Å². The van der Waals surface area contributed by atoms with Crippen molar-refractivity contribution < 1.29 is 14.3 Å². The molecule has 2 aromatic carbocycles. The van der Waals surface area contributed by atoms with Crippen LogP contribution in [0.3, 0.4) is 0 Å². The summed E-state index contributed by atoms with van der Waals surface area (Å²) in [7, 11) is 0. The lowest BCUT2D eigenvalue weighted by molar-refractivity contribution is -0.127. The molecule has 0 saturated carbocycles. The summed E-state index contributed by atoms with van der Waals surface area (Å²) >= 11 is 0. The first-order chi connectivity index (χ1) is 16.9. The fourth-order valence-corrected chi connectivity index (χ4v) is 3.86. The van der Waals surface area contributed by atoms with Crippen LogP contribution in [0.25, 0.3) is 0 Å². The lowest BCUT2D eigenvalue weighted by Gasteiger charge is -2.33. The van der Waals surface area contributed by atoms with Gasteiger partial charge in [-0.3, -0.25) is 4.79 Å². The van der Waals surface area contributed by atoms with Crippen molar-refractivity contribution >= 4 is 17.5 Å². The molecule has 1 aliphatic heterocycles. The van der Waals surface area contributed by atoms with E-state index < -0.39 is 5.92 Å². The average molecular weight is 474 g/mol. The minimum Gasteiger partial charge on any atom is -0.477 e. The predicted octanol–water partition coefficient (Wildman–Crippen LogP) is 6.51. The second kappa shape index (κ2) is 12.7. The van der Waals surface area contributed by atoms with Gasteiger partial charge in [0.1, 0.15) is 17.6 Å². The number of nitrogens with zero attached hydrogens (tertiary/aromatic N) is 2. The highest BCUT2D eigenvalue weighted by Gasteiger charge is 2.28. The third kappa shape index (κ3) is 7.41. The Bertz CT molecular complexity index is 1070. The van der Waals surface area contributed by atoms with Crippen LogP contribution in [0.1, 0.15) is 51.5 Å². The molecule has 3 rings (SSSR count). The number of hydrogen-bond donors (Lipinski definition) is 1. The molecule has 0 aromatic heterocycles. The van der Waals surface area contributed by atoms with Gasteiger partial charge in [0.15, 0.2) is 0 Å². The van der Waals surface area contributed by atoms with Gasteiger partial charge in [0, 0.05) is 37.8 Å². The normalized spacial score (nSPS) is 15.9. The fourth-order valence-electron chi connectivity index (χ4n) is 3.86. The maximum Gasteiger partial charge on any atom is 0.245 e. The van der Waals surface area contributed by atoms with Crippen LogP contribution in [0.4, 0.5) is 0 Å². The second-order valence-electron chi connectivity index (χ2n) is 8.74. The molecule has 1 atom stereocenters. The molecule has 0 spiro atoms. The van der Waals surface area contributed by atoms with E-state index in [9.17, 15) is 4.79 Å². The third-order valence-electron chi connectivity index (χ3n) is 6.06. The smallest absolute Gasteiger partial charge is 0.245 e. The van der Waals surface area contributed by atoms with Gasteiger partial charge in [-0.15, -0.1) is 0 Å². The Hall–Kier alpha value is -3.67. The number of aliphatic imine (C=N–C) groups is 1. The van der Waals surface area contributed by atoms with Crippen molar-refractivity contribution in [1.29, 1.82) is 5.41 Å². The Balaban J connectivity index is 1.81. The van der Waals surface area contributed by atoms with Gasteiger partial charge in [-0.25, -0.2) is 4.99 Å². The van der Waals surface area contributed by atoms with Crippen LogP contribution in [-0.4, -0.2) is 41.6 Å². The molecular formula is C29H35N3O3. The lowest BCUT2D eigenvalue weighted by Crippen LogP contribution is -2.41. The van der Waals surface area contributed by atoms with Gasteiger partial charge in [-0.2, -0.15) is 0 Å². The number of allylic oxidation sites excluding steroid dienone is 1. The summed E-state index contributed by atoms with van der Waals surface area (Å²) in [5, 5.41) is 8.54. The maximum atomic E-state index is 11.9. The van der Waals surface area contributed by atoms with E-state index in [-0.39, 0.29) is 12.0 Å². The van der Waals surface area contributed by atoms with Crippen molar-refractivity contribution in [2.24, 2.45) is 4.99 Å². The van der Waals surface area contributed by atoms with E-state index in [0.29, 0.717) is 37.5 Å². The van der Waals surface area contributed by atoms with Gasteiger partial charge in [-0.05, 0) is 56.2 Å². The predicted molar refractivity (Wildman–Crippen MR) is 141 cm³/mol. The Morgan fingerprint density at radius 3 is 2.31 bits per heavy atom. The Kier molecular flexibility index (Phi) is 9.41. The maximum absolute atomic E-state index is 11.9. The number of ether oxygens (including phenoxy) is 2. The quantitative estimate of drug-likeness (QED) is 0.256. The van der Waals surface area contributed by atoms with Crippen LogP contribution in [-0.2, 0) is 9.53 Å². The van der Waals surface area contributed by atoms with Gasteiger partial charge in [0.05, 0.1) is 5.92 Å². The monoisotopic (exact) mass is 473 g/mol. The Morgan fingerprint density at radius 1 is 1.11 bits per heavy atom. The van der Waals surface area contributed by atoms with Gasteiger partial charge >= 0.3 is 0 Å². The molecule has 35 heavy (non-hydrogen) atoms. The number of benzene rings is 2. The van der Waals surface area contributed by atoms with Crippen molar-refractivity contribution in [3.8, 4) is 11.5 Å². The molecular weight excluding hydrogens is 438 g/mol. The number of piperidine rings is 1. The molecule has 184 valence electrons. The number of carbonyl (C=O) groups excluding carboxylic acids is 1. The molecule has 1 N–H and O–H groups in total. The van der Waals surface area contributed by atoms with E-state index in [1.807, 2.05) is 67.7 Å². The highest BCUT2D eigenvalue weighted by molar-refractivity contribution is 6.07. The molecule has 1 fully saturated rings. The third-order valence-corrected chi connectivity index (χ3v) is 6.06. The van der Waals surface area contributed by atoms with E-state index in [1.54, 1.807) is 11.8 Å². The topological polar surface area (TPSA) is 75.0 Å². The van der Waals surface area contributed by atoms with E-state index in [2.05, 4.69) is 13.5 Å². The van der Waals surface area contributed by atoms with Gasteiger partial charge in [0.25, 0.3) is 0 Å². The van der Waals surface area contributed by atoms with Crippen LogP contribution < -0.4 is 4.74 Å². The largest absolute Gasteiger partial charge is 0.477 e. The molecule has 0 bridgehead atoms. The zero-order valence-corrected chi connectivity index (χ0v) is 20.9. The Morgan fingerprint density at radius 2 is 1.74 bits per heavy atom. The molecule has 1 saturated heterocycles. The number of hydrogen-bond acceptors (Lipinski definition) is 5. The van der Waals surface area contributed by atoms with Crippen molar-refractivity contribution in [1.82, 2.24) is 4.90 Å². The van der Waals surface area contributed by atoms with Crippen LogP contribution in [0.2, 0.25) is 0 Å². The first-order valence-corrected chi connectivity index (χ1v) is 12.1. The standard InChI is InChI=1S/C29H35N3O3/c1-5-21(3)20-31-29(35-26-16-18-32(19-17-26)27(33)6-2)28(22(4)30)23-12-14-25(15-13-23)34-24-10-8-7-9-11-24/h6-15,20,26,28,30H,2,5,16-19H2,1,3-4H3. The van der Waals surface area contributed by atoms with Gasteiger partial charge in [0.2, 0.25) is 11.8 Å². The molecule has 0 aliphatic carbocycles. The van der Waals surface area contributed by atoms with E-state index in [4.69, 9.17) is 19.9 Å². The summed E-state index contributed by atoms with van der Waals surface area (Å²) in [5.41, 5.74) is 2.49. The van der Waals surface area contributed by atoms with Crippen molar-refractivity contribution in [3.05, 3.63) is 84.6 Å². The number of rotatable bonds is 9. The molecule has 2 aromatic rings. The number of nitrogens with one attached hydrogen (secondary N) is 1. The molecule has 1 unspecified atom stereocenters. The second-order valence-corrected chi connectivity index (χ2v) is 8.74. The summed E-state index contributed by atoms with van der Waals surface area (Å²) in [6, 6.07) is 17.4. The first-order valence-electron chi connectivity index (χ1n) is 12.1. The van der Waals surface area contributed by atoms with E-state index in [0.717, 1.165) is 29.1 Å². The molecule has 6 heteroatoms. The molecule has 1 heterocycles. The number of carbonyl (C=O) groups is 1. The van der Waals surface area contributed by atoms with E-state index in [1.165, 1.54) is 6.08 Å². The number of amides is 1. The summed E-state index contributed by atoms with van der Waals surface area (Å²) < 4.78 is 12.3. The summed E-state index contributed by atoms with van der Waals surface area (Å²) in [6.45, 7) is 10.7. The van der Waals surface area contributed by atoms with Gasteiger partial charge < -0.3 is 19.8 Å². The molecule has 1 amide bonds. The number of likely N-dealkylation sites (tertiary alicyclic amines) is 1. The van der Waals surface area contributed by atoms with Crippen molar-refractivity contribution in [2.75, 3.05) is 13.1 Å². The molecule has 0 radical (unpaired) electrons. The Labute approximate surface area is 208 Å². The average Bonchev–Trinajstić information content (AvgIpc) is 2.88. The summed E-state index contributed by atoms with van der Waals surface area (Å²) in [6.07, 6.45) is 5.42. The summed E-state index contributed by atoms with van der Waals surface area (Å²) in [5.74, 6) is 1.55. The number of para-hydroxylation sites is 1. The van der Waals surface area contributed by atoms with Crippen LogP contribution in [0.5, 0.6) is 11.5 Å².